The molecule has 1 N–H and O–H groups in total. The van der Waals surface area contributed by atoms with Crippen molar-refractivity contribution in [2.24, 2.45) is 0 Å². The molecule has 0 aromatic heterocycles. The smallest absolute Gasteiger partial charge is 0.255 e. The van der Waals surface area contributed by atoms with Crippen LogP contribution in [0.2, 0.25) is 10.0 Å². The number of hydrogen-bond donors (Lipinski definition) is 1. The van der Waals surface area contributed by atoms with E-state index < -0.39 is 0 Å². The first-order chi connectivity index (χ1) is 14.5. The topological polar surface area (TPSA) is 49.4 Å². The highest BCUT2D eigenvalue weighted by atomic mass is 35.5. The highest BCUT2D eigenvalue weighted by Gasteiger charge is 2.32. The van der Waals surface area contributed by atoms with Gasteiger partial charge in [0.15, 0.2) is 0 Å². The number of halogens is 2. The van der Waals surface area contributed by atoms with E-state index in [1.54, 1.807) is 42.1 Å². The fourth-order valence-electron chi connectivity index (χ4n) is 3.31. The third-order valence-electron chi connectivity index (χ3n) is 4.74. The Morgan fingerprint density at radius 1 is 1.00 bits per heavy atom. The molecule has 1 heterocycles. The number of rotatable bonds is 5. The molecule has 152 valence electrons. The average molecular weight is 457 g/mol. The summed E-state index contributed by atoms with van der Waals surface area (Å²) in [6.45, 7) is 0.565. The minimum Gasteiger partial charge on any atom is -0.322 e. The third kappa shape index (κ3) is 4.81. The summed E-state index contributed by atoms with van der Waals surface area (Å²) in [7, 11) is 0. The van der Waals surface area contributed by atoms with Crippen LogP contribution < -0.4 is 5.32 Å². The minimum absolute atomic E-state index is 0.0680. The fraction of sp³-hybridized carbons (Fsp3) is 0.130. The van der Waals surface area contributed by atoms with E-state index in [1.165, 1.54) is 0 Å². The van der Waals surface area contributed by atoms with Crippen LogP contribution in [-0.4, -0.2) is 22.5 Å². The second-order valence-corrected chi connectivity index (χ2v) is 8.85. The Kier molecular flexibility index (Phi) is 6.32. The van der Waals surface area contributed by atoms with Gasteiger partial charge in [-0.3, -0.25) is 9.59 Å². The zero-order chi connectivity index (χ0) is 21.1. The van der Waals surface area contributed by atoms with Gasteiger partial charge in [0.1, 0.15) is 5.37 Å². The molecular weight excluding hydrogens is 439 g/mol. The van der Waals surface area contributed by atoms with Crippen LogP contribution in [0.1, 0.15) is 26.9 Å². The first-order valence-corrected chi connectivity index (χ1v) is 11.1. The SMILES string of the molecule is O=C(Nc1cc(Cl)cc(Cl)c1)c1ccc([C@H]2SCC(=O)N2Cc2ccccc2)cc1. The molecule has 0 saturated carbocycles. The van der Waals surface area contributed by atoms with Crippen molar-refractivity contribution in [3.05, 3.63) is 99.5 Å². The lowest BCUT2D eigenvalue weighted by Crippen LogP contribution is -2.27. The monoisotopic (exact) mass is 456 g/mol. The number of anilines is 1. The second kappa shape index (κ2) is 9.13. The molecule has 0 aliphatic carbocycles. The van der Waals surface area contributed by atoms with Crippen molar-refractivity contribution in [1.82, 2.24) is 4.90 Å². The van der Waals surface area contributed by atoms with Crippen LogP contribution in [0.25, 0.3) is 0 Å². The zero-order valence-electron chi connectivity index (χ0n) is 15.8. The molecule has 0 bridgehead atoms. The van der Waals surface area contributed by atoms with Gasteiger partial charge < -0.3 is 10.2 Å². The minimum atomic E-state index is -0.254. The molecule has 4 nitrogen and oxygen atoms in total. The first kappa shape index (κ1) is 20.8. The van der Waals surface area contributed by atoms with E-state index in [0.717, 1.165) is 11.1 Å². The fourth-order valence-corrected chi connectivity index (χ4v) is 5.02. The number of benzene rings is 3. The van der Waals surface area contributed by atoms with Crippen LogP contribution in [0.3, 0.4) is 0 Å². The maximum atomic E-state index is 12.6. The molecule has 2 amide bonds. The molecule has 0 unspecified atom stereocenters. The van der Waals surface area contributed by atoms with E-state index >= 15 is 0 Å². The normalized spacial score (nSPS) is 16.0. The largest absolute Gasteiger partial charge is 0.322 e. The highest BCUT2D eigenvalue weighted by Crippen LogP contribution is 2.39. The average Bonchev–Trinajstić information content (AvgIpc) is 3.08. The van der Waals surface area contributed by atoms with E-state index in [4.69, 9.17) is 23.2 Å². The van der Waals surface area contributed by atoms with Crippen molar-refractivity contribution in [2.75, 3.05) is 11.1 Å². The van der Waals surface area contributed by atoms with Gasteiger partial charge in [0.05, 0.1) is 5.75 Å². The van der Waals surface area contributed by atoms with Crippen molar-refractivity contribution in [2.45, 2.75) is 11.9 Å². The Bertz CT molecular complexity index is 1050. The van der Waals surface area contributed by atoms with Gasteiger partial charge in [0, 0.05) is 27.8 Å². The van der Waals surface area contributed by atoms with Gasteiger partial charge in [-0.25, -0.2) is 0 Å². The first-order valence-electron chi connectivity index (χ1n) is 9.32. The lowest BCUT2D eigenvalue weighted by Gasteiger charge is -2.24. The molecule has 1 saturated heterocycles. The van der Waals surface area contributed by atoms with E-state index in [9.17, 15) is 9.59 Å². The molecule has 1 aliphatic rings. The maximum absolute atomic E-state index is 12.6. The van der Waals surface area contributed by atoms with Crippen LogP contribution in [0.5, 0.6) is 0 Å². The Balaban J connectivity index is 1.48. The Hall–Kier alpha value is -2.47. The molecule has 0 spiro atoms. The van der Waals surface area contributed by atoms with Gasteiger partial charge in [0.2, 0.25) is 5.91 Å². The summed E-state index contributed by atoms with van der Waals surface area (Å²) in [5.74, 6) is 0.319. The Morgan fingerprint density at radius 2 is 1.67 bits per heavy atom. The summed E-state index contributed by atoms with van der Waals surface area (Å²) in [6.07, 6.45) is 0. The summed E-state index contributed by atoms with van der Waals surface area (Å²) in [6, 6.07) is 22.1. The predicted molar refractivity (Wildman–Crippen MR) is 123 cm³/mol. The molecule has 30 heavy (non-hydrogen) atoms. The van der Waals surface area contributed by atoms with Crippen LogP contribution in [0, 0.1) is 0 Å². The van der Waals surface area contributed by atoms with Gasteiger partial charge in [-0.1, -0.05) is 65.7 Å². The number of amides is 2. The van der Waals surface area contributed by atoms with Gasteiger partial charge >= 0.3 is 0 Å². The summed E-state index contributed by atoms with van der Waals surface area (Å²) in [4.78, 5) is 26.9. The standard InChI is InChI=1S/C23H18Cl2N2O2S/c24-18-10-19(25)12-20(11-18)26-22(29)16-6-8-17(9-7-16)23-27(21(28)14-30-23)13-15-4-2-1-3-5-15/h1-12,23H,13-14H2,(H,26,29)/t23-/m1/s1. The molecule has 1 atom stereocenters. The van der Waals surface area contributed by atoms with Crippen molar-refractivity contribution >= 4 is 52.5 Å². The van der Waals surface area contributed by atoms with Gasteiger partial charge in [-0.2, -0.15) is 0 Å². The molecule has 0 radical (unpaired) electrons. The number of thioether (sulfide) groups is 1. The number of nitrogens with zero attached hydrogens (tertiary/aromatic N) is 1. The molecule has 3 aromatic carbocycles. The van der Waals surface area contributed by atoms with Crippen LogP contribution >= 0.6 is 35.0 Å². The predicted octanol–water partition coefficient (Wildman–Crippen LogP) is 6.02. The van der Waals surface area contributed by atoms with Crippen LogP contribution in [0.15, 0.2) is 72.8 Å². The molecule has 4 rings (SSSR count). The number of nitrogens with one attached hydrogen (secondary N) is 1. The van der Waals surface area contributed by atoms with Crippen molar-refractivity contribution in [3.63, 3.8) is 0 Å². The summed E-state index contributed by atoms with van der Waals surface area (Å²) in [5, 5.41) is 3.64. The molecule has 1 aliphatic heterocycles. The van der Waals surface area contributed by atoms with Crippen LogP contribution in [0.4, 0.5) is 5.69 Å². The zero-order valence-corrected chi connectivity index (χ0v) is 18.2. The Morgan fingerprint density at radius 3 is 2.33 bits per heavy atom. The van der Waals surface area contributed by atoms with Crippen molar-refractivity contribution in [1.29, 1.82) is 0 Å². The number of carbonyl (C=O) groups excluding carboxylic acids is 2. The van der Waals surface area contributed by atoms with E-state index in [2.05, 4.69) is 5.32 Å². The van der Waals surface area contributed by atoms with Gasteiger partial charge in [0.25, 0.3) is 5.91 Å². The Labute approximate surface area is 189 Å². The van der Waals surface area contributed by atoms with Crippen molar-refractivity contribution < 1.29 is 9.59 Å². The highest BCUT2D eigenvalue weighted by molar-refractivity contribution is 8.00. The maximum Gasteiger partial charge on any atom is 0.255 e. The third-order valence-corrected chi connectivity index (χ3v) is 6.43. The molecule has 1 fully saturated rings. The summed E-state index contributed by atoms with van der Waals surface area (Å²) < 4.78 is 0. The lowest BCUT2D eigenvalue weighted by molar-refractivity contribution is -0.128. The van der Waals surface area contributed by atoms with Gasteiger partial charge in [-0.15, -0.1) is 11.8 Å². The van der Waals surface area contributed by atoms with Crippen LogP contribution in [-0.2, 0) is 11.3 Å². The van der Waals surface area contributed by atoms with E-state index in [-0.39, 0.29) is 17.2 Å². The van der Waals surface area contributed by atoms with E-state index in [1.807, 2.05) is 47.4 Å². The number of carbonyl (C=O) groups is 2. The van der Waals surface area contributed by atoms with Crippen molar-refractivity contribution in [3.8, 4) is 0 Å². The lowest BCUT2D eigenvalue weighted by atomic mass is 10.1. The van der Waals surface area contributed by atoms with Gasteiger partial charge in [-0.05, 0) is 41.5 Å². The molecular formula is C23H18Cl2N2O2S. The number of hydrogen-bond acceptors (Lipinski definition) is 3. The summed E-state index contributed by atoms with van der Waals surface area (Å²) in [5.41, 5.74) is 3.13. The molecule has 7 heteroatoms. The van der Waals surface area contributed by atoms with E-state index in [0.29, 0.717) is 33.6 Å². The second-order valence-electron chi connectivity index (χ2n) is 6.90. The quantitative estimate of drug-likeness (QED) is 0.510. The summed E-state index contributed by atoms with van der Waals surface area (Å²) >= 11 is 13.6. The molecule has 3 aromatic rings.